The highest BCUT2D eigenvalue weighted by Gasteiger charge is 2.17. The second kappa shape index (κ2) is 11.9. The van der Waals surface area contributed by atoms with Gasteiger partial charge in [-0.1, -0.05) is 140 Å². The summed E-state index contributed by atoms with van der Waals surface area (Å²) in [5.74, 6) is 1.92. The van der Waals surface area contributed by atoms with Gasteiger partial charge >= 0.3 is 0 Å². The maximum atomic E-state index is 6.17. The number of aromatic nitrogens is 4. The van der Waals surface area contributed by atoms with E-state index in [0.29, 0.717) is 17.5 Å². The minimum atomic E-state index is 0.634. The van der Waals surface area contributed by atoms with E-state index in [4.69, 9.17) is 19.4 Å². The summed E-state index contributed by atoms with van der Waals surface area (Å²) in [6.07, 6.45) is 3.61. The number of fused-ring (bicyclic) bond motifs is 5. The molecule has 0 saturated heterocycles. The third-order valence-corrected chi connectivity index (χ3v) is 9.64. The molecular weight excluding hydrogens is 625 g/mol. The lowest BCUT2D eigenvalue weighted by Gasteiger charge is -2.13. The Morgan fingerprint density at radius 2 is 1.00 bits per heavy atom. The molecule has 0 N–H and O–H groups in total. The highest BCUT2D eigenvalue weighted by molar-refractivity contribution is 6.16. The van der Waals surface area contributed by atoms with Crippen molar-refractivity contribution in [3.8, 4) is 56.4 Å². The van der Waals surface area contributed by atoms with Gasteiger partial charge in [0.15, 0.2) is 23.1 Å². The van der Waals surface area contributed by atoms with E-state index in [-0.39, 0.29) is 0 Å². The van der Waals surface area contributed by atoms with Crippen LogP contribution >= 0.6 is 0 Å². The van der Waals surface area contributed by atoms with Crippen LogP contribution in [-0.2, 0) is 0 Å². The van der Waals surface area contributed by atoms with Gasteiger partial charge in [0.25, 0.3) is 0 Å². The minimum absolute atomic E-state index is 0.634. The van der Waals surface area contributed by atoms with Gasteiger partial charge in [-0.15, -0.1) is 0 Å². The molecular formula is C46H28N4O. The lowest BCUT2D eigenvalue weighted by Crippen LogP contribution is -2.00. The number of hydrogen-bond acceptors (Lipinski definition) is 5. The van der Waals surface area contributed by atoms with Gasteiger partial charge in [0.05, 0.1) is 6.20 Å². The van der Waals surface area contributed by atoms with E-state index in [1.54, 1.807) is 6.20 Å². The van der Waals surface area contributed by atoms with E-state index in [0.717, 1.165) is 66.3 Å². The van der Waals surface area contributed by atoms with Crippen molar-refractivity contribution >= 4 is 43.5 Å². The smallest absolute Gasteiger partial charge is 0.164 e. The summed E-state index contributed by atoms with van der Waals surface area (Å²) in [6, 6.07) is 54.7. The monoisotopic (exact) mass is 652 g/mol. The first-order valence-corrected chi connectivity index (χ1v) is 17.0. The van der Waals surface area contributed by atoms with Crippen molar-refractivity contribution in [2.24, 2.45) is 0 Å². The summed E-state index contributed by atoms with van der Waals surface area (Å²) in [5, 5.41) is 6.86. The van der Waals surface area contributed by atoms with Crippen LogP contribution in [0.25, 0.3) is 99.9 Å². The molecule has 0 radical (unpaired) electrons. The molecule has 0 bridgehead atoms. The van der Waals surface area contributed by atoms with Gasteiger partial charge in [-0.25, -0.2) is 15.0 Å². The van der Waals surface area contributed by atoms with E-state index in [9.17, 15) is 0 Å². The van der Waals surface area contributed by atoms with E-state index >= 15 is 0 Å². The van der Waals surface area contributed by atoms with Gasteiger partial charge < -0.3 is 4.42 Å². The van der Waals surface area contributed by atoms with Gasteiger partial charge in [0, 0.05) is 33.7 Å². The summed E-state index contributed by atoms with van der Waals surface area (Å²) in [7, 11) is 0. The van der Waals surface area contributed by atoms with Gasteiger partial charge in [-0.3, -0.25) is 4.98 Å². The second-order valence-corrected chi connectivity index (χ2v) is 12.7. The summed E-state index contributed by atoms with van der Waals surface area (Å²) in [4.78, 5) is 19.2. The number of pyridine rings is 1. The zero-order valence-corrected chi connectivity index (χ0v) is 27.4. The largest absolute Gasteiger partial charge is 0.454 e. The molecule has 5 nitrogen and oxygen atoms in total. The molecule has 238 valence electrons. The maximum Gasteiger partial charge on any atom is 0.164 e. The highest BCUT2D eigenvalue weighted by Crippen LogP contribution is 2.41. The van der Waals surface area contributed by atoms with Crippen molar-refractivity contribution in [2.45, 2.75) is 0 Å². The molecule has 51 heavy (non-hydrogen) atoms. The van der Waals surface area contributed by atoms with Gasteiger partial charge in [0.1, 0.15) is 5.58 Å². The van der Waals surface area contributed by atoms with Gasteiger partial charge in [-0.2, -0.15) is 0 Å². The van der Waals surface area contributed by atoms with E-state index in [1.165, 1.54) is 16.2 Å². The molecule has 0 unspecified atom stereocenters. The van der Waals surface area contributed by atoms with Crippen molar-refractivity contribution in [1.29, 1.82) is 0 Å². The molecule has 5 heteroatoms. The predicted molar refractivity (Wildman–Crippen MR) is 207 cm³/mol. The summed E-state index contributed by atoms with van der Waals surface area (Å²) in [5.41, 5.74) is 9.05. The average Bonchev–Trinajstić information content (AvgIpc) is 3.60. The van der Waals surface area contributed by atoms with Crippen molar-refractivity contribution in [2.75, 3.05) is 0 Å². The summed E-state index contributed by atoms with van der Waals surface area (Å²) < 4.78 is 6.17. The molecule has 0 aliphatic carbocycles. The summed E-state index contributed by atoms with van der Waals surface area (Å²) >= 11 is 0. The standard InChI is InChI=1S/C46H28N4O/c1-2-10-31(11-3-1)44-48-45(50-46(49-44)34-22-17-29-9-4-5-12-33(29)27-34)32-20-18-30(19-21-32)35-23-24-38(37-14-7-6-13-36(35)37)39-15-8-16-41-43(39)40-25-26-47-28-42(40)51-41/h1-28H. The van der Waals surface area contributed by atoms with Crippen molar-refractivity contribution in [3.63, 3.8) is 0 Å². The molecule has 0 aliphatic rings. The maximum absolute atomic E-state index is 6.17. The Morgan fingerprint density at radius 3 is 1.80 bits per heavy atom. The van der Waals surface area contributed by atoms with Crippen LogP contribution in [0.5, 0.6) is 0 Å². The number of nitrogens with zero attached hydrogens (tertiary/aromatic N) is 4. The number of furan rings is 1. The number of hydrogen-bond donors (Lipinski definition) is 0. The fourth-order valence-electron chi connectivity index (χ4n) is 7.17. The van der Waals surface area contributed by atoms with Crippen LogP contribution in [0.2, 0.25) is 0 Å². The SMILES string of the molecule is c1ccc(-c2nc(-c3ccc(-c4ccc(-c5cccc6oc7cnccc7c56)c5ccccc45)cc3)nc(-c3ccc4ccccc4c3)n2)cc1. The van der Waals surface area contributed by atoms with E-state index in [2.05, 4.69) is 120 Å². The Hall–Kier alpha value is -6.98. The normalized spacial score (nSPS) is 11.5. The Kier molecular flexibility index (Phi) is 6.74. The molecule has 10 aromatic rings. The predicted octanol–water partition coefficient (Wildman–Crippen LogP) is 11.8. The third kappa shape index (κ3) is 5.03. The molecule has 7 aromatic carbocycles. The Balaban J connectivity index is 1.07. The first kappa shape index (κ1) is 29.0. The molecule has 0 atom stereocenters. The zero-order valence-electron chi connectivity index (χ0n) is 27.4. The molecule has 0 fully saturated rings. The molecule has 0 spiro atoms. The number of rotatable bonds is 5. The first-order valence-electron chi connectivity index (χ1n) is 17.0. The quantitative estimate of drug-likeness (QED) is 0.185. The van der Waals surface area contributed by atoms with E-state index < -0.39 is 0 Å². The summed E-state index contributed by atoms with van der Waals surface area (Å²) in [6.45, 7) is 0. The Labute approximate surface area is 293 Å². The highest BCUT2D eigenvalue weighted by atomic mass is 16.3. The van der Waals surface area contributed by atoms with E-state index in [1.807, 2.05) is 48.7 Å². The topological polar surface area (TPSA) is 64.7 Å². The first-order chi connectivity index (χ1) is 25.3. The third-order valence-electron chi connectivity index (χ3n) is 9.64. The van der Waals surface area contributed by atoms with Gasteiger partial charge in [-0.05, 0) is 62.0 Å². The minimum Gasteiger partial charge on any atom is -0.454 e. The van der Waals surface area contributed by atoms with Gasteiger partial charge in [0.2, 0.25) is 0 Å². The van der Waals surface area contributed by atoms with Crippen LogP contribution in [0.15, 0.2) is 175 Å². The lowest BCUT2D eigenvalue weighted by atomic mass is 9.90. The fourth-order valence-corrected chi connectivity index (χ4v) is 7.17. The molecule has 3 aromatic heterocycles. The van der Waals surface area contributed by atoms with Crippen LogP contribution in [0.1, 0.15) is 0 Å². The molecule has 3 heterocycles. The Morgan fingerprint density at radius 1 is 0.373 bits per heavy atom. The van der Waals surface area contributed by atoms with Crippen LogP contribution in [0.4, 0.5) is 0 Å². The van der Waals surface area contributed by atoms with Crippen LogP contribution in [0.3, 0.4) is 0 Å². The molecule has 0 saturated carbocycles. The zero-order chi connectivity index (χ0) is 33.7. The second-order valence-electron chi connectivity index (χ2n) is 12.7. The lowest BCUT2D eigenvalue weighted by molar-refractivity contribution is 0.667. The van der Waals surface area contributed by atoms with Crippen molar-refractivity contribution < 1.29 is 4.42 Å². The van der Waals surface area contributed by atoms with Crippen LogP contribution < -0.4 is 0 Å². The van der Waals surface area contributed by atoms with Crippen molar-refractivity contribution in [1.82, 2.24) is 19.9 Å². The Bertz CT molecular complexity index is 2910. The van der Waals surface area contributed by atoms with Crippen LogP contribution in [0, 0.1) is 0 Å². The number of benzene rings is 7. The molecule has 0 amide bonds. The average molecular weight is 653 g/mol. The fraction of sp³-hybridized carbons (Fsp3) is 0. The molecule has 0 aliphatic heterocycles. The van der Waals surface area contributed by atoms with Crippen LogP contribution in [-0.4, -0.2) is 19.9 Å². The molecule has 10 rings (SSSR count). The van der Waals surface area contributed by atoms with Crippen molar-refractivity contribution in [3.05, 3.63) is 170 Å².